The molecule has 1 aromatic carbocycles. The second-order valence-corrected chi connectivity index (χ2v) is 8.58. The summed E-state index contributed by atoms with van der Waals surface area (Å²) in [6.07, 6.45) is 5.71. The van der Waals surface area contributed by atoms with E-state index in [1.807, 2.05) is 18.3 Å². The number of aryl methyl sites for hydroxylation is 1. The Balaban J connectivity index is 1.28. The second kappa shape index (κ2) is 9.25. The van der Waals surface area contributed by atoms with Gasteiger partial charge in [-0.25, -0.2) is 4.98 Å². The lowest BCUT2D eigenvalue weighted by Crippen LogP contribution is -2.46. The molecule has 0 atom stereocenters. The van der Waals surface area contributed by atoms with Crippen molar-refractivity contribution in [3.8, 4) is 0 Å². The predicted molar refractivity (Wildman–Crippen MR) is 117 cm³/mol. The highest BCUT2D eigenvalue weighted by Crippen LogP contribution is 2.23. The lowest BCUT2D eigenvalue weighted by Gasteiger charge is -2.38. The van der Waals surface area contributed by atoms with E-state index < -0.39 is 0 Å². The molecule has 0 bridgehead atoms. The van der Waals surface area contributed by atoms with Crippen LogP contribution in [0, 0.1) is 6.92 Å². The van der Waals surface area contributed by atoms with Crippen LogP contribution >= 0.6 is 11.6 Å². The number of hydrogen-bond donors (Lipinski definition) is 0. The van der Waals surface area contributed by atoms with E-state index in [1.54, 1.807) is 0 Å². The molecule has 5 heteroatoms. The van der Waals surface area contributed by atoms with Crippen LogP contribution in [0.2, 0.25) is 5.02 Å². The number of halogens is 1. The topological polar surface area (TPSA) is 22.6 Å². The Labute approximate surface area is 174 Å². The molecular formula is C23H31ClN4. The van der Waals surface area contributed by atoms with E-state index in [4.69, 9.17) is 11.6 Å². The third-order valence-electron chi connectivity index (χ3n) is 6.18. The van der Waals surface area contributed by atoms with Crippen molar-refractivity contribution in [1.82, 2.24) is 14.8 Å². The Bertz CT molecular complexity index is 755. The summed E-state index contributed by atoms with van der Waals surface area (Å²) in [4.78, 5) is 12.4. The number of piperidine rings is 1. The van der Waals surface area contributed by atoms with E-state index in [9.17, 15) is 0 Å². The Kier molecular flexibility index (Phi) is 6.50. The van der Waals surface area contributed by atoms with Crippen molar-refractivity contribution in [3.05, 3.63) is 58.7 Å². The van der Waals surface area contributed by atoms with Gasteiger partial charge in [0.25, 0.3) is 0 Å². The summed E-state index contributed by atoms with van der Waals surface area (Å²) in [6, 6.07) is 13.3. The predicted octanol–water partition coefficient (Wildman–Crippen LogP) is 4.22. The zero-order chi connectivity index (χ0) is 19.3. The molecule has 2 aliphatic heterocycles. The summed E-state index contributed by atoms with van der Waals surface area (Å²) in [5.74, 6) is 1.13. The molecule has 2 aliphatic rings. The van der Waals surface area contributed by atoms with Gasteiger partial charge in [-0.1, -0.05) is 35.9 Å². The molecule has 0 aliphatic carbocycles. The van der Waals surface area contributed by atoms with Crippen LogP contribution in [-0.4, -0.2) is 60.1 Å². The lowest BCUT2D eigenvalue weighted by molar-refractivity contribution is 0.110. The van der Waals surface area contributed by atoms with E-state index in [0.717, 1.165) is 50.1 Å². The number of likely N-dealkylation sites (tertiary alicyclic amines) is 1. The van der Waals surface area contributed by atoms with E-state index in [-0.39, 0.29) is 0 Å². The van der Waals surface area contributed by atoms with E-state index in [1.165, 1.54) is 36.9 Å². The van der Waals surface area contributed by atoms with E-state index >= 15 is 0 Å². The minimum atomic E-state index is 0.716. The van der Waals surface area contributed by atoms with Crippen molar-refractivity contribution < 1.29 is 0 Å². The van der Waals surface area contributed by atoms with Crippen molar-refractivity contribution in [2.45, 2.75) is 38.8 Å². The highest BCUT2D eigenvalue weighted by atomic mass is 35.5. The van der Waals surface area contributed by atoms with Gasteiger partial charge >= 0.3 is 0 Å². The first-order valence-corrected chi connectivity index (χ1v) is 10.9. The van der Waals surface area contributed by atoms with Crippen LogP contribution in [-0.2, 0) is 6.54 Å². The molecule has 0 radical (unpaired) electrons. The van der Waals surface area contributed by atoms with Crippen LogP contribution in [0.25, 0.3) is 0 Å². The number of hydrogen-bond acceptors (Lipinski definition) is 4. The fourth-order valence-corrected chi connectivity index (χ4v) is 4.68. The molecule has 0 spiro atoms. The van der Waals surface area contributed by atoms with Gasteiger partial charge < -0.3 is 4.90 Å². The summed E-state index contributed by atoms with van der Waals surface area (Å²) >= 11 is 6.34. The standard InChI is InChI=1S/C23H31ClN4/c1-19-7-8-23(25-17-19)28-12-4-11-27(15-16-28)21-9-13-26(14-10-21)18-20-5-2-3-6-22(20)24/h2-3,5-8,17,21H,4,9-16,18H2,1H3. The Morgan fingerprint density at radius 1 is 0.964 bits per heavy atom. The van der Waals surface area contributed by atoms with Gasteiger partial charge in [0.15, 0.2) is 0 Å². The Morgan fingerprint density at radius 2 is 1.79 bits per heavy atom. The molecular weight excluding hydrogens is 368 g/mol. The van der Waals surface area contributed by atoms with Crippen LogP contribution < -0.4 is 4.90 Å². The highest BCUT2D eigenvalue weighted by Gasteiger charge is 2.26. The molecule has 28 heavy (non-hydrogen) atoms. The monoisotopic (exact) mass is 398 g/mol. The summed E-state index contributed by atoms with van der Waals surface area (Å²) in [7, 11) is 0. The SMILES string of the molecule is Cc1ccc(N2CCCN(C3CCN(Cc4ccccc4Cl)CC3)CC2)nc1. The molecule has 2 aromatic rings. The van der Waals surface area contributed by atoms with Gasteiger partial charge in [-0.15, -0.1) is 0 Å². The van der Waals surface area contributed by atoms with E-state index in [0.29, 0.717) is 6.04 Å². The van der Waals surface area contributed by atoms with Crippen molar-refractivity contribution in [1.29, 1.82) is 0 Å². The fraction of sp³-hybridized carbons (Fsp3) is 0.522. The van der Waals surface area contributed by atoms with Gasteiger partial charge in [0.05, 0.1) is 0 Å². The molecule has 4 nitrogen and oxygen atoms in total. The second-order valence-electron chi connectivity index (χ2n) is 8.17. The van der Waals surface area contributed by atoms with Crippen LogP contribution in [0.15, 0.2) is 42.6 Å². The minimum absolute atomic E-state index is 0.716. The van der Waals surface area contributed by atoms with E-state index in [2.05, 4.69) is 50.9 Å². The molecule has 1 aromatic heterocycles. The highest BCUT2D eigenvalue weighted by molar-refractivity contribution is 6.31. The van der Waals surface area contributed by atoms with Gasteiger partial charge in [0, 0.05) is 50.0 Å². The zero-order valence-corrected chi connectivity index (χ0v) is 17.6. The minimum Gasteiger partial charge on any atom is -0.355 e. The summed E-state index contributed by atoms with van der Waals surface area (Å²) < 4.78 is 0. The number of pyridine rings is 1. The average Bonchev–Trinajstić information content (AvgIpc) is 2.97. The molecule has 2 saturated heterocycles. The molecule has 0 N–H and O–H groups in total. The fourth-order valence-electron chi connectivity index (χ4n) is 4.49. The van der Waals surface area contributed by atoms with Gasteiger partial charge in [0.1, 0.15) is 5.82 Å². The first kappa shape index (κ1) is 19.7. The Morgan fingerprint density at radius 3 is 2.54 bits per heavy atom. The van der Waals surface area contributed by atoms with Gasteiger partial charge in [-0.2, -0.15) is 0 Å². The molecule has 0 unspecified atom stereocenters. The van der Waals surface area contributed by atoms with Gasteiger partial charge in [-0.3, -0.25) is 9.80 Å². The molecule has 4 rings (SSSR count). The van der Waals surface area contributed by atoms with Crippen molar-refractivity contribution in [2.75, 3.05) is 44.2 Å². The summed E-state index contributed by atoms with van der Waals surface area (Å²) in [5, 5.41) is 0.891. The molecule has 0 amide bonds. The summed E-state index contributed by atoms with van der Waals surface area (Å²) in [5.41, 5.74) is 2.47. The van der Waals surface area contributed by atoms with Crippen molar-refractivity contribution in [2.24, 2.45) is 0 Å². The first-order valence-electron chi connectivity index (χ1n) is 10.6. The molecule has 3 heterocycles. The number of rotatable bonds is 4. The van der Waals surface area contributed by atoms with Crippen molar-refractivity contribution in [3.63, 3.8) is 0 Å². The quantitative estimate of drug-likeness (QED) is 0.768. The smallest absolute Gasteiger partial charge is 0.128 e. The average molecular weight is 399 g/mol. The van der Waals surface area contributed by atoms with Crippen LogP contribution in [0.4, 0.5) is 5.82 Å². The number of aromatic nitrogens is 1. The maximum Gasteiger partial charge on any atom is 0.128 e. The third kappa shape index (κ3) is 4.86. The van der Waals surface area contributed by atoms with Gasteiger partial charge in [-0.05, 0) is 62.5 Å². The number of nitrogens with zero attached hydrogens (tertiary/aromatic N) is 4. The molecule has 150 valence electrons. The zero-order valence-electron chi connectivity index (χ0n) is 16.9. The molecule has 2 fully saturated rings. The maximum absolute atomic E-state index is 6.34. The molecule has 0 saturated carbocycles. The van der Waals surface area contributed by atoms with Gasteiger partial charge in [0.2, 0.25) is 0 Å². The van der Waals surface area contributed by atoms with Crippen molar-refractivity contribution >= 4 is 17.4 Å². The largest absolute Gasteiger partial charge is 0.355 e. The van der Waals surface area contributed by atoms with Crippen LogP contribution in [0.1, 0.15) is 30.4 Å². The summed E-state index contributed by atoms with van der Waals surface area (Å²) in [6.45, 7) is 9.93. The third-order valence-corrected chi connectivity index (χ3v) is 6.54. The number of benzene rings is 1. The lowest BCUT2D eigenvalue weighted by atomic mass is 10.0. The van der Waals surface area contributed by atoms with Crippen LogP contribution in [0.5, 0.6) is 0 Å². The first-order chi connectivity index (χ1) is 13.7. The Hall–Kier alpha value is -1.62. The maximum atomic E-state index is 6.34. The number of anilines is 1. The normalized spacial score (nSPS) is 20.3. The van der Waals surface area contributed by atoms with Crippen LogP contribution in [0.3, 0.4) is 0 Å².